The molecule has 1 aliphatic carbocycles. The molecule has 1 fully saturated rings. The van der Waals surface area contributed by atoms with Gasteiger partial charge < -0.3 is 15.3 Å². The lowest BCUT2D eigenvalue weighted by Crippen LogP contribution is -2.47. The van der Waals surface area contributed by atoms with E-state index in [9.17, 15) is 10.2 Å². The van der Waals surface area contributed by atoms with Gasteiger partial charge in [0.2, 0.25) is 0 Å². The third-order valence-corrected chi connectivity index (χ3v) is 3.20. The van der Waals surface area contributed by atoms with Crippen molar-refractivity contribution in [3.63, 3.8) is 0 Å². The van der Waals surface area contributed by atoms with E-state index >= 15 is 0 Å². The van der Waals surface area contributed by atoms with Gasteiger partial charge in [-0.05, 0) is 25.7 Å². The Hall–Kier alpha value is -0.120. The lowest BCUT2D eigenvalue weighted by Gasteiger charge is -2.39. The van der Waals surface area contributed by atoms with Gasteiger partial charge in [-0.25, -0.2) is 0 Å². The SMILES string of the molecule is CC1CCC(C(C)(O)CO)C(O)C1. The van der Waals surface area contributed by atoms with Crippen molar-refractivity contribution in [3.8, 4) is 0 Å². The molecule has 13 heavy (non-hydrogen) atoms. The average Bonchev–Trinajstić information content (AvgIpc) is 2.03. The van der Waals surface area contributed by atoms with Crippen molar-refractivity contribution in [2.24, 2.45) is 11.8 Å². The minimum Gasteiger partial charge on any atom is -0.393 e. The van der Waals surface area contributed by atoms with Gasteiger partial charge in [-0.15, -0.1) is 0 Å². The minimum atomic E-state index is -1.13. The van der Waals surface area contributed by atoms with Crippen molar-refractivity contribution < 1.29 is 15.3 Å². The summed E-state index contributed by atoms with van der Waals surface area (Å²) in [5.74, 6) is 0.356. The monoisotopic (exact) mass is 188 g/mol. The van der Waals surface area contributed by atoms with E-state index in [1.807, 2.05) is 0 Å². The van der Waals surface area contributed by atoms with Gasteiger partial charge in [-0.3, -0.25) is 0 Å². The molecule has 0 heterocycles. The largest absolute Gasteiger partial charge is 0.393 e. The molecule has 0 saturated heterocycles. The molecule has 3 N–H and O–H groups in total. The number of hydrogen-bond acceptors (Lipinski definition) is 3. The van der Waals surface area contributed by atoms with Crippen LogP contribution in [0.3, 0.4) is 0 Å². The zero-order valence-electron chi connectivity index (χ0n) is 8.40. The molecular weight excluding hydrogens is 168 g/mol. The predicted octanol–water partition coefficient (Wildman–Crippen LogP) is 0.527. The highest BCUT2D eigenvalue weighted by atomic mass is 16.3. The van der Waals surface area contributed by atoms with Crippen LogP contribution in [0.5, 0.6) is 0 Å². The van der Waals surface area contributed by atoms with E-state index in [4.69, 9.17) is 5.11 Å². The molecule has 1 rings (SSSR count). The summed E-state index contributed by atoms with van der Waals surface area (Å²) in [4.78, 5) is 0. The van der Waals surface area contributed by atoms with Crippen molar-refractivity contribution in [2.45, 2.75) is 44.8 Å². The average molecular weight is 188 g/mol. The topological polar surface area (TPSA) is 60.7 Å². The molecule has 3 heteroatoms. The standard InChI is InChI=1S/C10H20O3/c1-7-3-4-8(9(12)5-7)10(2,13)6-11/h7-9,11-13H,3-6H2,1-2H3. The van der Waals surface area contributed by atoms with Crippen molar-refractivity contribution in [1.29, 1.82) is 0 Å². The maximum Gasteiger partial charge on any atom is 0.0902 e. The van der Waals surface area contributed by atoms with Gasteiger partial charge in [-0.2, -0.15) is 0 Å². The summed E-state index contributed by atoms with van der Waals surface area (Å²) in [6, 6.07) is 0. The Bertz CT molecular complexity index is 168. The number of hydrogen-bond donors (Lipinski definition) is 3. The van der Waals surface area contributed by atoms with E-state index in [-0.39, 0.29) is 12.5 Å². The highest BCUT2D eigenvalue weighted by molar-refractivity contribution is 4.90. The quantitative estimate of drug-likeness (QED) is 0.592. The molecule has 0 aromatic heterocycles. The molecule has 0 aromatic rings. The van der Waals surface area contributed by atoms with Gasteiger partial charge in [0, 0.05) is 5.92 Å². The summed E-state index contributed by atoms with van der Waals surface area (Å²) in [6.07, 6.45) is 2.10. The van der Waals surface area contributed by atoms with E-state index in [0.717, 1.165) is 19.3 Å². The van der Waals surface area contributed by atoms with E-state index < -0.39 is 11.7 Å². The van der Waals surface area contributed by atoms with Crippen LogP contribution in [0.25, 0.3) is 0 Å². The fourth-order valence-corrected chi connectivity index (χ4v) is 2.19. The second kappa shape index (κ2) is 3.95. The molecule has 78 valence electrons. The number of aliphatic hydroxyl groups excluding tert-OH is 2. The van der Waals surface area contributed by atoms with Crippen molar-refractivity contribution in [2.75, 3.05) is 6.61 Å². The molecule has 1 saturated carbocycles. The summed E-state index contributed by atoms with van der Waals surface area (Å²) in [6.45, 7) is 3.42. The highest BCUT2D eigenvalue weighted by Crippen LogP contribution is 2.35. The number of aliphatic hydroxyl groups is 3. The van der Waals surface area contributed by atoms with E-state index in [2.05, 4.69) is 6.92 Å². The van der Waals surface area contributed by atoms with Crippen molar-refractivity contribution >= 4 is 0 Å². The van der Waals surface area contributed by atoms with E-state index in [1.54, 1.807) is 6.92 Å². The van der Waals surface area contributed by atoms with Crippen LogP contribution in [0.15, 0.2) is 0 Å². The molecule has 0 radical (unpaired) electrons. The molecule has 0 aromatic carbocycles. The minimum absolute atomic E-state index is 0.173. The Morgan fingerprint density at radius 2 is 2.00 bits per heavy atom. The maximum atomic E-state index is 9.79. The molecule has 1 aliphatic rings. The molecule has 4 atom stereocenters. The summed E-state index contributed by atoms with van der Waals surface area (Å²) in [5.41, 5.74) is -1.13. The van der Waals surface area contributed by atoms with Gasteiger partial charge in [0.1, 0.15) is 0 Å². The lowest BCUT2D eigenvalue weighted by molar-refractivity contribution is -0.108. The van der Waals surface area contributed by atoms with Crippen LogP contribution in [0.1, 0.15) is 33.1 Å². The molecular formula is C10H20O3. The fraction of sp³-hybridized carbons (Fsp3) is 1.00. The first kappa shape index (κ1) is 11.0. The predicted molar refractivity (Wildman–Crippen MR) is 50.2 cm³/mol. The second-order valence-electron chi connectivity index (χ2n) is 4.61. The Kier molecular flexibility index (Phi) is 3.33. The van der Waals surface area contributed by atoms with E-state index in [0.29, 0.717) is 5.92 Å². The Morgan fingerprint density at radius 1 is 1.38 bits per heavy atom. The molecule has 0 spiro atoms. The molecule has 0 aliphatic heterocycles. The van der Waals surface area contributed by atoms with Crippen molar-refractivity contribution in [3.05, 3.63) is 0 Å². The Labute approximate surface area is 79.4 Å². The van der Waals surface area contributed by atoms with Crippen LogP contribution >= 0.6 is 0 Å². The van der Waals surface area contributed by atoms with Crippen LogP contribution in [-0.2, 0) is 0 Å². The number of rotatable bonds is 2. The second-order valence-corrected chi connectivity index (χ2v) is 4.61. The lowest BCUT2D eigenvalue weighted by atomic mass is 9.73. The van der Waals surface area contributed by atoms with Gasteiger partial charge in [0.15, 0.2) is 0 Å². The Morgan fingerprint density at radius 3 is 2.46 bits per heavy atom. The summed E-state index contributed by atoms with van der Waals surface area (Å²) in [7, 11) is 0. The first-order valence-electron chi connectivity index (χ1n) is 4.98. The van der Waals surface area contributed by atoms with Crippen LogP contribution in [0, 0.1) is 11.8 Å². The van der Waals surface area contributed by atoms with Crippen LogP contribution in [0.4, 0.5) is 0 Å². The van der Waals surface area contributed by atoms with Gasteiger partial charge in [0.25, 0.3) is 0 Å². The molecule has 0 bridgehead atoms. The Balaban J connectivity index is 2.60. The zero-order chi connectivity index (χ0) is 10.1. The normalized spacial score (nSPS) is 39.9. The summed E-state index contributed by atoms with van der Waals surface area (Å²) in [5, 5.41) is 28.5. The van der Waals surface area contributed by atoms with Crippen LogP contribution in [-0.4, -0.2) is 33.6 Å². The smallest absolute Gasteiger partial charge is 0.0902 e. The highest BCUT2D eigenvalue weighted by Gasteiger charge is 2.39. The molecule has 3 nitrogen and oxygen atoms in total. The maximum absolute atomic E-state index is 9.79. The molecule has 4 unspecified atom stereocenters. The van der Waals surface area contributed by atoms with Crippen LogP contribution in [0.2, 0.25) is 0 Å². The summed E-state index contributed by atoms with van der Waals surface area (Å²) >= 11 is 0. The third-order valence-electron chi connectivity index (χ3n) is 3.20. The fourth-order valence-electron chi connectivity index (χ4n) is 2.19. The van der Waals surface area contributed by atoms with Gasteiger partial charge >= 0.3 is 0 Å². The molecule has 0 amide bonds. The first-order valence-corrected chi connectivity index (χ1v) is 4.98. The van der Waals surface area contributed by atoms with Crippen LogP contribution < -0.4 is 0 Å². The van der Waals surface area contributed by atoms with Crippen molar-refractivity contribution in [1.82, 2.24) is 0 Å². The van der Waals surface area contributed by atoms with Gasteiger partial charge in [-0.1, -0.05) is 13.3 Å². The zero-order valence-corrected chi connectivity index (χ0v) is 8.40. The first-order chi connectivity index (χ1) is 5.97. The third kappa shape index (κ3) is 2.42. The summed E-state index contributed by atoms with van der Waals surface area (Å²) < 4.78 is 0. The van der Waals surface area contributed by atoms with E-state index in [1.165, 1.54) is 0 Å². The van der Waals surface area contributed by atoms with Gasteiger partial charge in [0.05, 0.1) is 18.3 Å².